The van der Waals surface area contributed by atoms with Crippen LogP contribution in [0.15, 0.2) is 42.5 Å². The second-order valence-electron chi connectivity index (χ2n) is 11.8. The van der Waals surface area contributed by atoms with E-state index in [0.29, 0.717) is 23.9 Å². The number of nitrogens with one attached hydrogen (secondary N) is 1. The van der Waals surface area contributed by atoms with Crippen LogP contribution in [-0.2, 0) is 17.8 Å². The molecule has 0 aliphatic carbocycles. The predicted molar refractivity (Wildman–Crippen MR) is 163 cm³/mol. The van der Waals surface area contributed by atoms with Gasteiger partial charge in [0.25, 0.3) is 0 Å². The van der Waals surface area contributed by atoms with Gasteiger partial charge in [-0.25, -0.2) is 9.78 Å². The molecule has 3 aromatic rings. The monoisotopic (exact) mass is 551 g/mol. The quantitative estimate of drug-likeness (QED) is 0.173. The Balaban J connectivity index is 1.87. The van der Waals surface area contributed by atoms with E-state index in [4.69, 9.17) is 9.72 Å². The molecule has 1 heterocycles. The first-order chi connectivity index (χ1) is 19.1. The highest BCUT2D eigenvalue weighted by Crippen LogP contribution is 2.27. The van der Waals surface area contributed by atoms with Crippen LogP contribution in [0.4, 0.5) is 5.95 Å². The van der Waals surface area contributed by atoms with Crippen LogP contribution in [0, 0.1) is 11.8 Å². The van der Waals surface area contributed by atoms with Gasteiger partial charge in [-0.3, -0.25) is 4.90 Å². The number of ether oxygens (including phenoxy) is 1. The fourth-order valence-corrected chi connectivity index (χ4v) is 4.68. The van der Waals surface area contributed by atoms with Crippen LogP contribution in [0.2, 0.25) is 0 Å². The third-order valence-corrected chi connectivity index (χ3v) is 7.22. The number of benzene rings is 2. The molecule has 0 aliphatic rings. The molecule has 0 saturated carbocycles. The number of imidazole rings is 1. The van der Waals surface area contributed by atoms with Crippen LogP contribution >= 0.6 is 0 Å². The Bertz CT molecular complexity index is 1190. The molecule has 40 heavy (non-hydrogen) atoms. The third-order valence-electron chi connectivity index (χ3n) is 7.22. The molecule has 0 radical (unpaired) electrons. The number of aliphatic hydroxyl groups is 1. The number of rotatable bonds is 16. The van der Waals surface area contributed by atoms with E-state index in [1.807, 2.05) is 24.3 Å². The zero-order valence-corrected chi connectivity index (χ0v) is 25.5. The number of hydrogen-bond donors (Lipinski definition) is 2. The Morgan fingerprint density at radius 1 is 1.00 bits per heavy atom. The molecule has 8 heteroatoms. The first kappa shape index (κ1) is 31.6. The number of methoxy groups -OCH3 is 1. The van der Waals surface area contributed by atoms with E-state index in [2.05, 4.69) is 67.5 Å². The largest absolute Gasteiger partial charge is 0.465 e. The fourth-order valence-electron chi connectivity index (χ4n) is 4.68. The number of hydrogen-bond acceptors (Lipinski definition) is 7. The van der Waals surface area contributed by atoms with Gasteiger partial charge in [0.1, 0.15) is 6.23 Å². The molecule has 2 aromatic carbocycles. The summed E-state index contributed by atoms with van der Waals surface area (Å²) in [5.41, 5.74) is 4.40. The van der Waals surface area contributed by atoms with E-state index < -0.39 is 6.23 Å². The summed E-state index contributed by atoms with van der Waals surface area (Å²) in [5, 5.41) is 15.0. The van der Waals surface area contributed by atoms with Crippen molar-refractivity contribution in [1.29, 1.82) is 0 Å². The lowest BCUT2D eigenvalue weighted by Gasteiger charge is -2.29. The normalized spacial score (nSPS) is 12.7. The van der Waals surface area contributed by atoms with Crippen molar-refractivity contribution >= 4 is 23.0 Å². The molecule has 8 nitrogen and oxygen atoms in total. The van der Waals surface area contributed by atoms with Crippen molar-refractivity contribution in [2.24, 2.45) is 11.8 Å². The topological polar surface area (TPSA) is 82.9 Å². The number of aryl methyl sites for hydroxylation is 1. The number of nitrogens with zero attached hydrogens (tertiary/aromatic N) is 4. The highest BCUT2D eigenvalue weighted by molar-refractivity contribution is 5.89. The summed E-state index contributed by atoms with van der Waals surface area (Å²) < 4.78 is 7.03. The smallest absolute Gasteiger partial charge is 0.337 e. The Labute approximate surface area is 240 Å². The van der Waals surface area contributed by atoms with Gasteiger partial charge in [0, 0.05) is 26.2 Å². The second-order valence-corrected chi connectivity index (χ2v) is 11.8. The summed E-state index contributed by atoms with van der Waals surface area (Å²) >= 11 is 0. The standard InChI is InChI=1S/C32H49N5O3/c1-23(2)15-19-36(20-16-24(3)4)30(38)27-13-14-28-29(21-27)37(18-8-17-35(5)6)32(34-28)33-22-25-9-11-26(12-10-25)31(39)40-7/h9-14,21,23-24,30,38H,8,15-20,22H2,1-7H3,(H,33,34). The van der Waals surface area contributed by atoms with Crippen LogP contribution in [0.3, 0.4) is 0 Å². The molecule has 0 aliphatic heterocycles. The SMILES string of the molecule is COC(=O)c1ccc(CNc2nc3ccc(C(O)N(CCC(C)C)CCC(C)C)cc3n2CCCN(C)C)cc1. The summed E-state index contributed by atoms with van der Waals surface area (Å²) in [6.45, 7) is 13.0. The molecule has 220 valence electrons. The van der Waals surface area contributed by atoms with E-state index in [1.165, 1.54) is 7.11 Å². The average Bonchev–Trinajstić information content (AvgIpc) is 3.27. The van der Waals surface area contributed by atoms with Crippen molar-refractivity contribution in [3.05, 3.63) is 59.2 Å². The van der Waals surface area contributed by atoms with Gasteiger partial charge in [0.15, 0.2) is 0 Å². The predicted octanol–water partition coefficient (Wildman–Crippen LogP) is 5.77. The van der Waals surface area contributed by atoms with Gasteiger partial charge in [-0.1, -0.05) is 45.9 Å². The van der Waals surface area contributed by atoms with E-state index >= 15 is 0 Å². The number of fused-ring (bicyclic) bond motifs is 1. The van der Waals surface area contributed by atoms with Crippen molar-refractivity contribution in [3.8, 4) is 0 Å². The maximum absolute atomic E-state index is 11.8. The van der Waals surface area contributed by atoms with Gasteiger partial charge in [-0.15, -0.1) is 0 Å². The van der Waals surface area contributed by atoms with Crippen LogP contribution in [0.1, 0.15) is 74.7 Å². The Hall–Kier alpha value is -2.94. The summed E-state index contributed by atoms with van der Waals surface area (Å²) in [5.74, 6) is 1.63. The minimum atomic E-state index is -0.656. The van der Waals surface area contributed by atoms with E-state index in [9.17, 15) is 9.90 Å². The number of carbonyl (C=O) groups excluding carboxylic acids is 1. The molecule has 1 unspecified atom stereocenters. The zero-order chi connectivity index (χ0) is 29.2. The van der Waals surface area contributed by atoms with Crippen molar-refractivity contribution in [2.75, 3.05) is 46.2 Å². The molecule has 1 aromatic heterocycles. The molecule has 0 spiro atoms. The van der Waals surface area contributed by atoms with Gasteiger partial charge in [-0.2, -0.15) is 0 Å². The molecular weight excluding hydrogens is 502 g/mol. The molecule has 0 bridgehead atoms. The summed E-state index contributed by atoms with van der Waals surface area (Å²) in [4.78, 5) is 21.1. The number of anilines is 1. The molecule has 2 N–H and O–H groups in total. The van der Waals surface area contributed by atoms with E-state index in [1.54, 1.807) is 12.1 Å². The van der Waals surface area contributed by atoms with Gasteiger partial charge in [0.05, 0.1) is 23.7 Å². The lowest BCUT2D eigenvalue weighted by molar-refractivity contribution is -0.00357. The Morgan fingerprint density at radius 2 is 1.65 bits per heavy atom. The van der Waals surface area contributed by atoms with Gasteiger partial charge in [-0.05, 0) is 87.1 Å². The minimum absolute atomic E-state index is 0.341. The summed E-state index contributed by atoms with van der Waals surface area (Å²) in [6, 6.07) is 13.6. The van der Waals surface area contributed by atoms with Crippen molar-refractivity contribution in [2.45, 2.75) is 66.3 Å². The lowest BCUT2D eigenvalue weighted by atomic mass is 10.1. The Morgan fingerprint density at radius 3 is 2.23 bits per heavy atom. The molecule has 0 saturated heterocycles. The third kappa shape index (κ3) is 9.04. The van der Waals surface area contributed by atoms with E-state index in [0.717, 1.165) is 73.6 Å². The van der Waals surface area contributed by atoms with Crippen LogP contribution in [0.5, 0.6) is 0 Å². The van der Waals surface area contributed by atoms with Crippen LogP contribution in [0.25, 0.3) is 11.0 Å². The molecule has 3 rings (SSSR count). The number of aliphatic hydroxyl groups excluding tert-OH is 1. The van der Waals surface area contributed by atoms with Gasteiger partial charge < -0.3 is 24.6 Å². The first-order valence-corrected chi connectivity index (χ1v) is 14.6. The second kappa shape index (κ2) is 15.2. The van der Waals surface area contributed by atoms with Crippen molar-refractivity contribution in [3.63, 3.8) is 0 Å². The molecular formula is C32H49N5O3. The molecule has 1 atom stereocenters. The highest BCUT2D eigenvalue weighted by atomic mass is 16.5. The maximum Gasteiger partial charge on any atom is 0.337 e. The lowest BCUT2D eigenvalue weighted by Crippen LogP contribution is -2.32. The summed E-state index contributed by atoms with van der Waals surface area (Å²) in [6.07, 6.45) is 2.42. The van der Waals surface area contributed by atoms with Crippen LogP contribution < -0.4 is 5.32 Å². The Kier molecular flexibility index (Phi) is 12.0. The van der Waals surface area contributed by atoms with Crippen molar-refractivity contribution in [1.82, 2.24) is 19.4 Å². The molecule has 0 amide bonds. The fraction of sp³-hybridized carbons (Fsp3) is 0.562. The zero-order valence-electron chi connectivity index (χ0n) is 25.5. The van der Waals surface area contributed by atoms with Crippen molar-refractivity contribution < 1.29 is 14.6 Å². The first-order valence-electron chi connectivity index (χ1n) is 14.6. The average molecular weight is 552 g/mol. The van der Waals surface area contributed by atoms with Crippen LogP contribution in [-0.4, -0.2) is 71.3 Å². The molecule has 0 fully saturated rings. The summed E-state index contributed by atoms with van der Waals surface area (Å²) in [7, 11) is 5.55. The van der Waals surface area contributed by atoms with E-state index in [-0.39, 0.29) is 5.97 Å². The maximum atomic E-state index is 11.8. The number of aromatic nitrogens is 2. The van der Waals surface area contributed by atoms with Gasteiger partial charge in [0.2, 0.25) is 5.95 Å². The number of esters is 1. The van der Waals surface area contributed by atoms with Gasteiger partial charge >= 0.3 is 5.97 Å². The number of carbonyl (C=O) groups is 1. The highest BCUT2D eigenvalue weighted by Gasteiger charge is 2.20. The minimum Gasteiger partial charge on any atom is -0.465 e.